The fourth-order valence-corrected chi connectivity index (χ4v) is 3.15. The molecule has 5 heteroatoms. The van der Waals surface area contributed by atoms with Gasteiger partial charge in [-0.2, -0.15) is 5.10 Å². The average molecular weight is 329 g/mol. The molecule has 0 spiro atoms. The maximum atomic E-state index is 10.1. The Morgan fingerprint density at radius 1 is 1.56 bits per heavy atom. The van der Waals surface area contributed by atoms with E-state index in [1.54, 1.807) is 11.3 Å². The summed E-state index contributed by atoms with van der Waals surface area (Å²) in [4.78, 5) is 0.972. The number of aliphatic hydroxyl groups is 1. The van der Waals surface area contributed by atoms with Crippen LogP contribution in [0.1, 0.15) is 43.0 Å². The van der Waals surface area contributed by atoms with Crippen LogP contribution in [-0.4, -0.2) is 14.9 Å². The number of halogens is 1. The summed E-state index contributed by atoms with van der Waals surface area (Å²) in [6, 6.07) is 4.35. The molecule has 0 saturated heterocycles. The predicted molar refractivity (Wildman–Crippen MR) is 77.9 cm³/mol. The van der Waals surface area contributed by atoms with E-state index in [-0.39, 0.29) is 0 Å². The highest BCUT2D eigenvalue weighted by molar-refractivity contribution is 9.10. The van der Waals surface area contributed by atoms with Crippen LogP contribution in [0.3, 0.4) is 0 Å². The number of hydrogen-bond donors (Lipinski definition) is 1. The van der Waals surface area contributed by atoms with Gasteiger partial charge in [0.25, 0.3) is 0 Å². The van der Waals surface area contributed by atoms with Crippen molar-refractivity contribution in [1.29, 1.82) is 0 Å². The summed E-state index contributed by atoms with van der Waals surface area (Å²) in [5.74, 6) is 0. The lowest BCUT2D eigenvalue weighted by Gasteiger charge is -2.09. The smallest absolute Gasteiger partial charge is 0.0938 e. The fourth-order valence-electron chi connectivity index (χ4n) is 1.72. The first-order valence-corrected chi connectivity index (χ1v) is 7.73. The van der Waals surface area contributed by atoms with Crippen molar-refractivity contribution in [2.45, 2.75) is 38.8 Å². The van der Waals surface area contributed by atoms with Gasteiger partial charge < -0.3 is 5.11 Å². The molecule has 18 heavy (non-hydrogen) atoms. The lowest BCUT2D eigenvalue weighted by atomic mass is 10.2. The molecule has 0 bridgehead atoms. The third kappa shape index (κ3) is 3.22. The molecule has 0 aromatic carbocycles. The molecule has 2 aromatic heterocycles. The van der Waals surface area contributed by atoms with E-state index in [4.69, 9.17) is 0 Å². The van der Waals surface area contributed by atoms with Crippen LogP contribution in [0.2, 0.25) is 0 Å². The van der Waals surface area contributed by atoms with Gasteiger partial charge in [0.15, 0.2) is 0 Å². The van der Waals surface area contributed by atoms with Gasteiger partial charge in [-0.3, -0.25) is 4.68 Å². The minimum atomic E-state index is -0.471. The summed E-state index contributed by atoms with van der Waals surface area (Å²) in [5.41, 5.74) is 0.937. The number of thiophene rings is 1. The van der Waals surface area contributed by atoms with Gasteiger partial charge in [0, 0.05) is 33.4 Å². The van der Waals surface area contributed by atoms with E-state index < -0.39 is 6.10 Å². The van der Waals surface area contributed by atoms with Gasteiger partial charge in [-0.25, -0.2) is 0 Å². The van der Waals surface area contributed by atoms with Crippen LogP contribution in [0, 0.1) is 0 Å². The van der Waals surface area contributed by atoms with Gasteiger partial charge in [-0.1, -0.05) is 6.92 Å². The van der Waals surface area contributed by atoms with Crippen molar-refractivity contribution >= 4 is 27.3 Å². The van der Waals surface area contributed by atoms with E-state index in [2.05, 4.69) is 34.9 Å². The van der Waals surface area contributed by atoms with E-state index in [0.717, 1.165) is 21.5 Å². The van der Waals surface area contributed by atoms with E-state index in [9.17, 15) is 5.11 Å². The maximum Gasteiger partial charge on any atom is 0.0938 e. The zero-order valence-corrected chi connectivity index (χ0v) is 12.9. The summed E-state index contributed by atoms with van der Waals surface area (Å²) >= 11 is 4.96. The molecular weight excluding hydrogens is 312 g/mol. The molecule has 2 rings (SSSR count). The summed E-state index contributed by atoms with van der Waals surface area (Å²) in [6.45, 7) is 4.29. The lowest BCUT2D eigenvalue weighted by Crippen LogP contribution is -2.06. The highest BCUT2D eigenvalue weighted by atomic mass is 79.9. The molecule has 0 aliphatic heterocycles. The first-order chi connectivity index (χ1) is 8.60. The Labute approximate surface area is 120 Å². The average Bonchev–Trinajstić information content (AvgIpc) is 2.97. The number of hydrogen-bond acceptors (Lipinski definition) is 3. The Morgan fingerprint density at radius 2 is 2.33 bits per heavy atom. The Kier molecular flexibility index (Phi) is 4.59. The van der Waals surface area contributed by atoms with Crippen molar-refractivity contribution in [3.05, 3.63) is 38.8 Å². The van der Waals surface area contributed by atoms with Crippen molar-refractivity contribution < 1.29 is 5.11 Å². The van der Waals surface area contributed by atoms with Crippen LogP contribution in [0.15, 0.2) is 28.2 Å². The molecular formula is C13H17BrN2OS. The van der Waals surface area contributed by atoms with Gasteiger partial charge in [0.05, 0.1) is 11.8 Å². The topological polar surface area (TPSA) is 38.0 Å². The first-order valence-electron chi connectivity index (χ1n) is 6.06. The molecule has 2 unspecified atom stereocenters. The van der Waals surface area contributed by atoms with Gasteiger partial charge >= 0.3 is 0 Å². The molecule has 3 nitrogen and oxygen atoms in total. The van der Waals surface area contributed by atoms with E-state index in [1.165, 1.54) is 0 Å². The van der Waals surface area contributed by atoms with E-state index in [0.29, 0.717) is 12.5 Å². The van der Waals surface area contributed by atoms with E-state index >= 15 is 0 Å². The van der Waals surface area contributed by atoms with Gasteiger partial charge in [0.2, 0.25) is 0 Å². The third-order valence-electron chi connectivity index (χ3n) is 3.02. The zero-order valence-electron chi connectivity index (χ0n) is 10.5. The van der Waals surface area contributed by atoms with Crippen molar-refractivity contribution in [3.63, 3.8) is 0 Å². The lowest BCUT2D eigenvalue weighted by molar-refractivity contribution is 0.180. The van der Waals surface area contributed by atoms with Gasteiger partial charge in [-0.15, -0.1) is 11.3 Å². The Balaban J connectivity index is 2.03. The molecule has 0 saturated carbocycles. The summed E-state index contributed by atoms with van der Waals surface area (Å²) < 4.78 is 2.98. The van der Waals surface area contributed by atoms with Crippen LogP contribution >= 0.6 is 27.3 Å². The normalized spacial score (nSPS) is 14.7. The summed E-state index contributed by atoms with van der Waals surface area (Å²) in [5, 5.41) is 16.6. The van der Waals surface area contributed by atoms with Crippen LogP contribution in [0.4, 0.5) is 0 Å². The highest BCUT2D eigenvalue weighted by Gasteiger charge is 2.13. The van der Waals surface area contributed by atoms with E-state index in [1.807, 2.05) is 28.4 Å². The van der Waals surface area contributed by atoms with Crippen molar-refractivity contribution in [3.8, 4) is 0 Å². The largest absolute Gasteiger partial charge is 0.387 e. The molecule has 2 heterocycles. The molecule has 2 aromatic rings. The molecule has 0 amide bonds. The van der Waals surface area contributed by atoms with Crippen molar-refractivity contribution in [2.75, 3.05) is 0 Å². The second-order valence-corrected chi connectivity index (χ2v) is 6.29. The predicted octanol–water partition coefficient (Wildman–Crippen LogP) is 3.95. The standard InChI is InChI=1S/C13H17BrN2OS/c1-3-9(2)16-5-4-11(15-16)7-12(17)13-6-10(14)8-18-13/h4-6,8-9,12,17H,3,7H2,1-2H3. The molecule has 0 aliphatic rings. The Hall–Kier alpha value is -0.650. The Morgan fingerprint density at radius 3 is 2.94 bits per heavy atom. The Bertz CT molecular complexity index is 509. The SMILES string of the molecule is CCC(C)n1ccc(CC(O)c2cc(Br)cs2)n1. The third-order valence-corrected chi connectivity index (χ3v) is 4.82. The van der Waals surface area contributed by atoms with Crippen molar-refractivity contribution in [2.24, 2.45) is 0 Å². The minimum absolute atomic E-state index is 0.409. The monoisotopic (exact) mass is 328 g/mol. The van der Waals surface area contributed by atoms with Crippen LogP contribution in [-0.2, 0) is 6.42 Å². The molecule has 2 atom stereocenters. The highest BCUT2D eigenvalue weighted by Crippen LogP contribution is 2.27. The van der Waals surface area contributed by atoms with Gasteiger partial charge in [-0.05, 0) is 41.4 Å². The second-order valence-electron chi connectivity index (χ2n) is 4.43. The zero-order chi connectivity index (χ0) is 13.1. The molecule has 98 valence electrons. The number of aliphatic hydroxyl groups excluding tert-OH is 1. The van der Waals surface area contributed by atoms with Crippen LogP contribution < -0.4 is 0 Å². The van der Waals surface area contributed by atoms with Gasteiger partial charge in [0.1, 0.15) is 0 Å². The van der Waals surface area contributed by atoms with Crippen molar-refractivity contribution in [1.82, 2.24) is 9.78 Å². The molecule has 0 aliphatic carbocycles. The summed E-state index contributed by atoms with van der Waals surface area (Å²) in [6.07, 6.45) is 3.14. The minimum Gasteiger partial charge on any atom is -0.387 e. The molecule has 1 N–H and O–H groups in total. The van der Waals surface area contributed by atoms with Crippen LogP contribution in [0.25, 0.3) is 0 Å². The summed E-state index contributed by atoms with van der Waals surface area (Å²) in [7, 11) is 0. The quantitative estimate of drug-likeness (QED) is 0.902. The maximum absolute atomic E-state index is 10.1. The fraction of sp³-hybridized carbons (Fsp3) is 0.462. The number of nitrogens with zero attached hydrogens (tertiary/aromatic N) is 2. The number of aromatic nitrogens is 2. The molecule has 0 radical (unpaired) electrons. The van der Waals surface area contributed by atoms with Crippen LogP contribution in [0.5, 0.6) is 0 Å². The first kappa shape index (κ1) is 13.8. The molecule has 0 fully saturated rings. The second kappa shape index (κ2) is 5.99. The number of rotatable bonds is 5.